The van der Waals surface area contributed by atoms with Gasteiger partial charge in [-0.3, -0.25) is 8.98 Å². The molecule has 0 heterocycles. The molecule has 1 amide bonds. The minimum Gasteiger partial charge on any atom is -0.744 e. The van der Waals surface area contributed by atoms with Gasteiger partial charge in [0.05, 0.1) is 32.7 Å². The number of carbonyl (C=O) groups excluding carboxylic acids is 1. The monoisotopic (exact) mass is 798 g/mol. The van der Waals surface area contributed by atoms with Gasteiger partial charge in [-0.15, -0.1) is 10.2 Å². The quantitative estimate of drug-likeness (QED) is 0.0743. The van der Waals surface area contributed by atoms with Crippen molar-refractivity contribution in [2.24, 2.45) is 10.2 Å². The molecule has 26 heteroatoms. The van der Waals surface area contributed by atoms with E-state index in [0.717, 1.165) is 19.1 Å². The van der Waals surface area contributed by atoms with Gasteiger partial charge < -0.3 is 29.2 Å². The van der Waals surface area contributed by atoms with Crippen molar-refractivity contribution in [3.63, 3.8) is 0 Å². The normalized spacial score (nSPS) is 11.9. The van der Waals surface area contributed by atoms with Crippen molar-refractivity contribution in [1.82, 2.24) is 0 Å². The Bertz CT molecular complexity index is 2100. The number of nitrogens with one attached hydrogen (secondary N) is 1. The first-order chi connectivity index (χ1) is 19.1. The molecule has 0 fully saturated rings. The van der Waals surface area contributed by atoms with Crippen LogP contribution in [0.4, 0.5) is 17.1 Å². The number of sulfone groups is 1. The van der Waals surface area contributed by atoms with Crippen molar-refractivity contribution in [3.8, 4) is 11.5 Å². The van der Waals surface area contributed by atoms with E-state index in [0.29, 0.717) is 24.3 Å². The predicted octanol–water partition coefficient (Wildman–Crippen LogP) is -8.31. The van der Waals surface area contributed by atoms with Gasteiger partial charge in [0.1, 0.15) is 37.4 Å². The summed E-state index contributed by atoms with van der Waals surface area (Å²) in [7, 11) is -20.3. The summed E-state index contributed by atoms with van der Waals surface area (Å²) in [6.45, 7) is -0.0680. The summed E-state index contributed by atoms with van der Waals surface area (Å²) in [5.74, 6) is -3.72. The summed E-state index contributed by atoms with van der Waals surface area (Å²) in [6, 6.07) is 4.17. The molecule has 18 nitrogen and oxygen atoms in total. The third-order valence-electron chi connectivity index (χ3n) is 5.14. The Morgan fingerprint density at radius 2 is 1.43 bits per heavy atom. The third kappa shape index (κ3) is 12.6. The maximum atomic E-state index is 12.5. The van der Waals surface area contributed by atoms with Crippen molar-refractivity contribution in [1.29, 1.82) is 0 Å². The van der Waals surface area contributed by atoms with E-state index < -0.39 is 113 Å². The summed E-state index contributed by atoms with van der Waals surface area (Å²) in [5, 5.41) is 29.1. The van der Waals surface area contributed by atoms with Gasteiger partial charge in [0.15, 0.2) is 15.6 Å². The zero-order valence-electron chi connectivity index (χ0n) is 23.9. The molecule has 3 aromatic rings. The summed E-state index contributed by atoms with van der Waals surface area (Å²) in [4.78, 5) is 8.84. The van der Waals surface area contributed by atoms with Crippen molar-refractivity contribution >= 4 is 74.2 Å². The number of phenolic OH excluding ortho intramolecular Hbond substituents is 2. The van der Waals surface area contributed by atoms with Crippen molar-refractivity contribution in [2.45, 2.75) is 21.6 Å². The molecule has 1 radical (unpaired) electrons. The minimum atomic E-state index is -5.53. The fourth-order valence-corrected chi connectivity index (χ4v) is 6.10. The van der Waals surface area contributed by atoms with Crippen molar-refractivity contribution < 1.29 is 172 Å². The molecule has 0 aliphatic carbocycles. The second-order valence-electron chi connectivity index (χ2n) is 8.13. The molecular weight excluding hydrogens is 783 g/mol. The van der Waals surface area contributed by atoms with Gasteiger partial charge >= 0.3 is 88.7 Å². The van der Waals surface area contributed by atoms with E-state index in [9.17, 15) is 62.3 Å². The Morgan fingerprint density at radius 1 is 0.848 bits per heavy atom. The summed E-state index contributed by atoms with van der Waals surface area (Å²) < 4.78 is 131. The summed E-state index contributed by atoms with van der Waals surface area (Å²) in [5.41, 5.74) is -2.25. The molecule has 3 aromatic carbocycles. The maximum absolute atomic E-state index is 12.5. The molecule has 0 spiro atoms. The minimum absolute atomic E-state index is 0. The summed E-state index contributed by atoms with van der Waals surface area (Å²) >= 11 is 0. The van der Waals surface area contributed by atoms with Gasteiger partial charge in [-0.05, 0) is 41.8 Å². The van der Waals surface area contributed by atoms with E-state index in [1.54, 1.807) is 0 Å². The Balaban J connectivity index is 0. The zero-order valence-corrected chi connectivity index (χ0v) is 34.1. The first kappa shape index (κ1) is 47.9. The van der Waals surface area contributed by atoms with Gasteiger partial charge in [0, 0.05) is 29.4 Å². The average Bonchev–Trinajstić information content (AvgIpc) is 2.81. The number of benzene rings is 3. The first-order valence-corrected chi connectivity index (χ1v) is 16.5. The number of aromatic hydroxyl groups is 2. The molecule has 0 bridgehead atoms. The molecule has 0 aliphatic heterocycles. The second-order valence-corrected chi connectivity index (χ2v) is 14.0. The standard InChI is InChI=1S/C20H19N3O15S4.Cu.3Na/c1-10(24)21-15-9-13(40(29,30)31)6-11-7-17(41(32,33)34)19(20(26)18(11)15)23-22-14-8-12(2-3-16(14)25)39(27,28)5-4-38-42(35,36)37;;;;/h2-3,6-9,25-26H,4-5H2,1H3,(H,21,24)(H,29,30,31)(H,32,33,34)(H,35,36,37);;;;/q;;3*+1/p-3. The van der Waals surface area contributed by atoms with Crippen LogP contribution >= 0.6 is 0 Å². The van der Waals surface area contributed by atoms with Crippen LogP contribution in [0.3, 0.4) is 0 Å². The molecule has 239 valence electrons. The molecule has 0 saturated carbocycles. The van der Waals surface area contributed by atoms with Crippen molar-refractivity contribution in [2.75, 3.05) is 17.7 Å². The Morgan fingerprint density at radius 3 is 1.93 bits per heavy atom. The number of fused-ring (bicyclic) bond motifs is 1. The van der Waals surface area contributed by atoms with E-state index in [-0.39, 0.29) is 106 Å². The van der Waals surface area contributed by atoms with Gasteiger partial charge in [0.25, 0.3) is 0 Å². The molecule has 0 saturated heterocycles. The van der Waals surface area contributed by atoms with E-state index in [1.807, 2.05) is 0 Å². The van der Waals surface area contributed by atoms with Gasteiger partial charge in [-0.1, -0.05) is 0 Å². The number of hydrogen-bond donors (Lipinski definition) is 3. The molecule has 3 rings (SSSR count). The Kier molecular flexibility index (Phi) is 18.9. The number of amides is 1. The van der Waals surface area contributed by atoms with E-state index >= 15 is 0 Å². The fraction of sp³-hybridized carbons (Fsp3) is 0.150. The molecule has 46 heavy (non-hydrogen) atoms. The summed E-state index contributed by atoms with van der Waals surface area (Å²) in [6.07, 6.45) is 0. The van der Waals surface area contributed by atoms with Gasteiger partial charge in [-0.2, -0.15) is 0 Å². The topological polar surface area (TPSA) is 309 Å². The van der Waals surface area contributed by atoms with Crippen LogP contribution in [-0.2, 0) is 66.5 Å². The number of phenols is 2. The molecule has 3 N–H and O–H groups in total. The smallest absolute Gasteiger partial charge is 0.744 e. The SMILES string of the molecule is CC(=O)Nc1cc(S(=O)(=O)[O-])cc2cc(S(=O)(=O)[O-])c(N=Nc3cc(S(=O)(=O)CCOS(=O)(=O)[O-])ccc3O)c(O)c12.[Cu].[Na+].[Na+].[Na+]. The van der Waals surface area contributed by atoms with Crippen LogP contribution in [-0.4, -0.2) is 75.8 Å². The number of rotatable bonds is 10. The Labute approximate surface area is 339 Å². The molecule has 0 unspecified atom stereocenters. The van der Waals surface area contributed by atoms with Gasteiger partial charge in [-0.25, -0.2) is 33.7 Å². The largest absolute Gasteiger partial charge is 1.00 e. The van der Waals surface area contributed by atoms with Crippen LogP contribution in [0.25, 0.3) is 10.8 Å². The average molecular weight is 799 g/mol. The number of nitrogens with zero attached hydrogens (tertiary/aromatic N) is 2. The van der Waals surface area contributed by atoms with Crippen LogP contribution in [0.1, 0.15) is 6.92 Å². The Hall–Kier alpha value is -0.251. The third-order valence-corrected chi connectivity index (χ3v) is 8.93. The van der Waals surface area contributed by atoms with Crippen LogP contribution in [0, 0.1) is 0 Å². The van der Waals surface area contributed by atoms with Gasteiger partial charge in [0.2, 0.25) is 16.3 Å². The van der Waals surface area contributed by atoms with Crippen LogP contribution < -0.4 is 94.0 Å². The zero-order chi connectivity index (χ0) is 31.8. The second kappa shape index (κ2) is 18.1. The van der Waals surface area contributed by atoms with Crippen LogP contribution in [0.2, 0.25) is 0 Å². The number of azo groups is 1. The van der Waals surface area contributed by atoms with Crippen LogP contribution in [0.5, 0.6) is 11.5 Å². The number of anilines is 1. The van der Waals surface area contributed by atoms with E-state index in [1.165, 1.54) is 0 Å². The predicted molar refractivity (Wildman–Crippen MR) is 136 cm³/mol. The maximum Gasteiger partial charge on any atom is 1.00 e. The van der Waals surface area contributed by atoms with Crippen molar-refractivity contribution in [3.05, 3.63) is 36.4 Å². The molecule has 0 aliphatic rings. The fourth-order valence-electron chi connectivity index (χ4n) is 3.42. The molecule has 0 atom stereocenters. The molecular formula is C20H16CuN3Na3O15S4. The van der Waals surface area contributed by atoms with Crippen LogP contribution in [0.15, 0.2) is 61.3 Å². The number of hydrogen-bond acceptors (Lipinski definition) is 17. The number of carbonyl (C=O) groups is 1. The first-order valence-electron chi connectivity index (χ1n) is 10.7. The van der Waals surface area contributed by atoms with E-state index in [2.05, 4.69) is 19.7 Å². The van der Waals surface area contributed by atoms with E-state index in [4.69, 9.17) is 0 Å². The molecule has 0 aromatic heterocycles.